The van der Waals surface area contributed by atoms with Crippen LogP contribution in [0.4, 0.5) is 0 Å². The molecule has 130 valence electrons. The first-order valence-corrected chi connectivity index (χ1v) is 8.03. The van der Waals surface area contributed by atoms with Crippen molar-refractivity contribution in [2.24, 2.45) is 0 Å². The van der Waals surface area contributed by atoms with Crippen LogP contribution in [-0.4, -0.2) is 57.9 Å². The number of rotatable bonds is 7. The second-order valence-corrected chi connectivity index (χ2v) is 5.83. The van der Waals surface area contributed by atoms with Gasteiger partial charge in [-0.25, -0.2) is 4.98 Å². The molecule has 2 rings (SSSR count). The Morgan fingerprint density at radius 3 is 2.83 bits per heavy atom. The molecule has 0 aliphatic heterocycles. The number of hydrogen-bond donors (Lipinski definition) is 2. The van der Waals surface area contributed by atoms with Crippen molar-refractivity contribution in [3.63, 3.8) is 0 Å². The number of nitrogens with one attached hydrogen (secondary N) is 1. The lowest BCUT2D eigenvalue weighted by molar-refractivity contribution is -0.130. The molecule has 0 saturated heterocycles. The zero-order valence-corrected chi connectivity index (χ0v) is 14.4. The molecule has 7 heteroatoms. The third-order valence-electron chi connectivity index (χ3n) is 3.95. The number of aryl methyl sites for hydroxylation is 2. The highest BCUT2D eigenvalue weighted by Gasteiger charge is 2.17. The van der Waals surface area contributed by atoms with Crippen LogP contribution >= 0.6 is 0 Å². The molecule has 2 amide bonds. The summed E-state index contributed by atoms with van der Waals surface area (Å²) in [7, 11) is 1.65. The molecule has 0 fully saturated rings. The number of pyridine rings is 1. The molecular formula is C17H24N4O3. The maximum atomic E-state index is 12.4. The lowest BCUT2D eigenvalue weighted by atomic mass is 10.2. The SMILES string of the molecule is Cc1nc2c(C)cccn2c1C(=O)NCCCC(=O)N(C)CCO. The van der Waals surface area contributed by atoms with E-state index in [2.05, 4.69) is 10.3 Å². The lowest BCUT2D eigenvalue weighted by Gasteiger charge is -2.15. The van der Waals surface area contributed by atoms with Crippen LogP contribution in [0.25, 0.3) is 5.65 Å². The molecule has 0 unspecified atom stereocenters. The lowest BCUT2D eigenvalue weighted by Crippen LogP contribution is -2.31. The molecule has 0 aromatic carbocycles. The van der Waals surface area contributed by atoms with E-state index in [4.69, 9.17) is 5.11 Å². The van der Waals surface area contributed by atoms with Crippen molar-refractivity contribution >= 4 is 17.5 Å². The van der Waals surface area contributed by atoms with E-state index in [0.29, 0.717) is 37.3 Å². The molecule has 2 heterocycles. The van der Waals surface area contributed by atoms with E-state index in [-0.39, 0.29) is 18.4 Å². The van der Waals surface area contributed by atoms with Gasteiger partial charge >= 0.3 is 0 Å². The van der Waals surface area contributed by atoms with E-state index in [1.807, 2.05) is 32.2 Å². The number of carbonyl (C=O) groups excluding carboxylic acids is 2. The number of fused-ring (bicyclic) bond motifs is 1. The number of imidazole rings is 1. The molecule has 2 N–H and O–H groups in total. The Kier molecular flexibility index (Phi) is 5.92. The predicted octanol–water partition coefficient (Wildman–Crippen LogP) is 0.912. The topological polar surface area (TPSA) is 86.9 Å². The fourth-order valence-electron chi connectivity index (χ4n) is 2.58. The molecule has 0 bridgehead atoms. The van der Waals surface area contributed by atoms with Gasteiger partial charge in [0.2, 0.25) is 5.91 Å². The molecular weight excluding hydrogens is 308 g/mol. The molecule has 0 radical (unpaired) electrons. The van der Waals surface area contributed by atoms with E-state index in [1.165, 1.54) is 4.90 Å². The first-order valence-electron chi connectivity index (χ1n) is 8.03. The largest absolute Gasteiger partial charge is 0.395 e. The summed E-state index contributed by atoms with van der Waals surface area (Å²) in [5, 5.41) is 11.7. The van der Waals surface area contributed by atoms with Crippen molar-refractivity contribution in [1.82, 2.24) is 19.6 Å². The number of nitrogens with zero attached hydrogens (tertiary/aromatic N) is 3. The number of hydrogen-bond acceptors (Lipinski definition) is 4. The monoisotopic (exact) mass is 332 g/mol. The van der Waals surface area contributed by atoms with Crippen molar-refractivity contribution in [2.75, 3.05) is 26.7 Å². The normalized spacial score (nSPS) is 10.8. The molecule has 2 aromatic heterocycles. The minimum absolute atomic E-state index is 0.0418. The standard InChI is InChI=1S/C17H24N4O3/c1-12-6-5-9-21-15(13(2)19-16(12)21)17(24)18-8-4-7-14(23)20(3)10-11-22/h5-6,9,22H,4,7-8,10-11H2,1-3H3,(H,18,24). The summed E-state index contributed by atoms with van der Waals surface area (Å²) in [4.78, 5) is 30.1. The van der Waals surface area contributed by atoms with Crippen LogP contribution in [0.2, 0.25) is 0 Å². The summed E-state index contributed by atoms with van der Waals surface area (Å²) in [5.41, 5.74) is 3.00. The van der Waals surface area contributed by atoms with Gasteiger partial charge < -0.3 is 15.3 Å². The van der Waals surface area contributed by atoms with Crippen LogP contribution in [0.3, 0.4) is 0 Å². The quantitative estimate of drug-likeness (QED) is 0.738. The van der Waals surface area contributed by atoms with Crippen LogP contribution in [0.1, 0.15) is 34.6 Å². The number of aliphatic hydroxyl groups excluding tert-OH is 1. The minimum atomic E-state index is -0.193. The van der Waals surface area contributed by atoms with Crippen molar-refractivity contribution in [3.8, 4) is 0 Å². The van der Waals surface area contributed by atoms with Gasteiger partial charge in [0.05, 0.1) is 12.3 Å². The molecule has 2 aromatic rings. The fourth-order valence-corrected chi connectivity index (χ4v) is 2.58. The van der Waals surface area contributed by atoms with Gasteiger partial charge in [-0.1, -0.05) is 6.07 Å². The van der Waals surface area contributed by atoms with E-state index in [9.17, 15) is 9.59 Å². The summed E-state index contributed by atoms with van der Waals surface area (Å²) in [5.74, 6) is -0.235. The van der Waals surface area contributed by atoms with Gasteiger partial charge in [0.25, 0.3) is 5.91 Å². The van der Waals surface area contributed by atoms with Gasteiger partial charge in [-0.2, -0.15) is 0 Å². The smallest absolute Gasteiger partial charge is 0.270 e. The Bertz CT molecular complexity index is 739. The first-order chi connectivity index (χ1) is 11.5. The Labute approximate surface area is 141 Å². The number of aromatic nitrogens is 2. The zero-order chi connectivity index (χ0) is 17.7. The molecule has 0 atom stereocenters. The summed E-state index contributed by atoms with van der Waals surface area (Å²) < 4.78 is 1.79. The van der Waals surface area contributed by atoms with Crippen molar-refractivity contribution in [1.29, 1.82) is 0 Å². The molecule has 0 spiro atoms. The molecule has 0 saturated carbocycles. The summed E-state index contributed by atoms with van der Waals surface area (Å²) >= 11 is 0. The van der Waals surface area contributed by atoms with Crippen LogP contribution in [0.15, 0.2) is 18.3 Å². The number of carbonyl (C=O) groups is 2. The Morgan fingerprint density at radius 1 is 1.38 bits per heavy atom. The van der Waals surface area contributed by atoms with Crippen molar-refractivity contribution in [3.05, 3.63) is 35.3 Å². The van der Waals surface area contributed by atoms with Crippen molar-refractivity contribution in [2.45, 2.75) is 26.7 Å². The Morgan fingerprint density at radius 2 is 2.12 bits per heavy atom. The second kappa shape index (κ2) is 7.92. The average Bonchev–Trinajstić information content (AvgIpc) is 2.89. The fraction of sp³-hybridized carbons (Fsp3) is 0.471. The van der Waals surface area contributed by atoms with E-state index >= 15 is 0 Å². The summed E-state index contributed by atoms with van der Waals surface area (Å²) in [6.07, 6.45) is 2.71. The van der Waals surface area contributed by atoms with Gasteiger partial charge in [0, 0.05) is 32.8 Å². The molecule has 0 aliphatic carbocycles. The van der Waals surface area contributed by atoms with Crippen LogP contribution < -0.4 is 5.32 Å². The average molecular weight is 332 g/mol. The van der Waals surface area contributed by atoms with Crippen LogP contribution in [0.5, 0.6) is 0 Å². The maximum Gasteiger partial charge on any atom is 0.270 e. The van der Waals surface area contributed by atoms with Gasteiger partial charge in [0.15, 0.2) is 0 Å². The van der Waals surface area contributed by atoms with Gasteiger partial charge in [-0.15, -0.1) is 0 Å². The highest BCUT2D eigenvalue weighted by atomic mass is 16.3. The van der Waals surface area contributed by atoms with Crippen LogP contribution in [-0.2, 0) is 4.79 Å². The third kappa shape index (κ3) is 3.91. The van der Waals surface area contributed by atoms with Crippen LogP contribution in [0, 0.1) is 13.8 Å². The first kappa shape index (κ1) is 17.9. The van der Waals surface area contributed by atoms with E-state index in [0.717, 1.165) is 11.2 Å². The Balaban J connectivity index is 1.93. The number of likely N-dealkylation sites (N-methyl/N-ethyl adjacent to an activating group) is 1. The number of amides is 2. The molecule has 7 nitrogen and oxygen atoms in total. The highest BCUT2D eigenvalue weighted by molar-refractivity contribution is 5.94. The second-order valence-electron chi connectivity index (χ2n) is 5.83. The summed E-state index contributed by atoms with van der Waals surface area (Å²) in [6.45, 7) is 4.46. The summed E-state index contributed by atoms with van der Waals surface area (Å²) in [6, 6.07) is 3.84. The minimum Gasteiger partial charge on any atom is -0.395 e. The number of aliphatic hydroxyl groups is 1. The van der Waals surface area contributed by atoms with Gasteiger partial charge in [-0.05, 0) is 31.9 Å². The van der Waals surface area contributed by atoms with Crippen molar-refractivity contribution < 1.29 is 14.7 Å². The highest BCUT2D eigenvalue weighted by Crippen LogP contribution is 2.15. The predicted molar refractivity (Wildman–Crippen MR) is 91.0 cm³/mol. The third-order valence-corrected chi connectivity index (χ3v) is 3.95. The van der Waals surface area contributed by atoms with E-state index in [1.54, 1.807) is 11.4 Å². The maximum absolute atomic E-state index is 12.4. The van der Waals surface area contributed by atoms with E-state index < -0.39 is 0 Å². The molecule has 0 aliphatic rings. The van der Waals surface area contributed by atoms with Gasteiger partial charge in [-0.3, -0.25) is 14.0 Å². The van der Waals surface area contributed by atoms with Gasteiger partial charge in [0.1, 0.15) is 11.3 Å². The molecule has 24 heavy (non-hydrogen) atoms. The Hall–Kier alpha value is -2.41. The zero-order valence-electron chi connectivity index (χ0n) is 14.4.